The molecule has 0 aliphatic carbocycles. The van der Waals surface area contributed by atoms with Gasteiger partial charge in [0.05, 0.1) is 0 Å². The topological polar surface area (TPSA) is 64.7 Å². The van der Waals surface area contributed by atoms with E-state index in [2.05, 4.69) is 10.0 Å². The molecule has 0 radical (unpaired) electrons. The molecule has 0 atom stereocenters. The molecule has 0 aliphatic rings. The Bertz CT molecular complexity index is 220. The predicted molar refractivity (Wildman–Crippen MR) is 36.7 cm³/mol. The van der Waals surface area contributed by atoms with Gasteiger partial charge in [0.2, 0.25) is 0 Å². The summed E-state index contributed by atoms with van der Waals surface area (Å²) in [6.45, 7) is 0. The van der Waals surface area contributed by atoms with E-state index in [4.69, 9.17) is 5.90 Å². The Labute approximate surface area is 57.5 Å². The van der Waals surface area contributed by atoms with Crippen LogP contribution in [-0.2, 0) is 0 Å². The minimum Gasteiger partial charge on any atom is -0.412 e. The van der Waals surface area contributed by atoms with Crippen LogP contribution in [0.15, 0.2) is 29.4 Å². The van der Waals surface area contributed by atoms with Gasteiger partial charge in [0, 0.05) is 0 Å². The molecule has 1 rings (SSSR count). The summed E-state index contributed by atoms with van der Waals surface area (Å²) in [5.74, 6) is 5.34. The highest BCUT2D eigenvalue weighted by Crippen LogP contribution is 2.15. The number of hydrogen-bond donors (Lipinski definition) is 1. The van der Waals surface area contributed by atoms with E-state index in [0.29, 0.717) is 11.4 Å². The van der Waals surface area contributed by atoms with Gasteiger partial charge in [-0.25, -0.2) is 0 Å². The van der Waals surface area contributed by atoms with E-state index in [1.807, 2.05) is 0 Å². The number of hydrogen-bond acceptors (Lipinski definition) is 4. The van der Waals surface area contributed by atoms with Crippen molar-refractivity contribution in [1.29, 1.82) is 0 Å². The molecule has 1 aromatic carbocycles. The molecule has 1 aromatic rings. The molecule has 52 valence electrons. The van der Waals surface area contributed by atoms with E-state index >= 15 is 0 Å². The fourth-order valence-electron chi connectivity index (χ4n) is 0.586. The van der Waals surface area contributed by atoms with Crippen molar-refractivity contribution in [3.8, 4) is 5.75 Å². The lowest BCUT2D eigenvalue weighted by Gasteiger charge is -1.94. The third-order valence-electron chi connectivity index (χ3n) is 1.08. The van der Waals surface area contributed by atoms with Crippen molar-refractivity contribution in [1.82, 2.24) is 0 Å². The van der Waals surface area contributed by atoms with Crippen molar-refractivity contribution >= 4 is 5.69 Å². The van der Waals surface area contributed by atoms with Crippen molar-refractivity contribution in [2.45, 2.75) is 0 Å². The highest BCUT2D eigenvalue weighted by molar-refractivity contribution is 5.40. The largest absolute Gasteiger partial charge is 0.412 e. The van der Waals surface area contributed by atoms with Crippen molar-refractivity contribution in [2.75, 3.05) is 0 Å². The summed E-state index contributed by atoms with van der Waals surface area (Å²) < 4.78 is 0. The second-order valence-electron chi connectivity index (χ2n) is 1.70. The monoisotopic (exact) mass is 138 g/mol. The maximum absolute atomic E-state index is 9.88. The Balaban J connectivity index is 2.90. The predicted octanol–water partition coefficient (Wildman–Crippen LogP) is 1.34. The first kappa shape index (κ1) is 6.70. The lowest BCUT2D eigenvalue weighted by Crippen LogP contribution is -2.00. The number of benzene rings is 1. The number of nitrogens with two attached hydrogens (primary N) is 1. The average Bonchev–Trinajstić information content (AvgIpc) is 2.05. The standard InChI is InChI=1S/C6H6N2O2/c7-10-6-3-1-5(8-9)2-4-6/h1-4H,7H2. The zero-order chi connectivity index (χ0) is 7.40. The molecular weight excluding hydrogens is 132 g/mol. The minimum absolute atomic E-state index is 0.362. The van der Waals surface area contributed by atoms with Gasteiger partial charge >= 0.3 is 0 Å². The molecule has 0 saturated carbocycles. The molecule has 0 saturated heterocycles. The third kappa shape index (κ3) is 1.29. The van der Waals surface area contributed by atoms with Gasteiger partial charge in [-0.1, -0.05) is 0 Å². The second kappa shape index (κ2) is 2.93. The van der Waals surface area contributed by atoms with Gasteiger partial charge in [0.1, 0.15) is 11.4 Å². The average molecular weight is 138 g/mol. The van der Waals surface area contributed by atoms with Crippen LogP contribution < -0.4 is 10.7 Å². The quantitative estimate of drug-likeness (QED) is 0.495. The zero-order valence-electron chi connectivity index (χ0n) is 5.15. The molecular formula is C6H6N2O2. The summed E-state index contributed by atoms with van der Waals surface area (Å²) in [5.41, 5.74) is 0.362. The molecule has 2 N–H and O–H groups in total. The van der Waals surface area contributed by atoms with Crippen LogP contribution in [0, 0.1) is 4.91 Å². The smallest absolute Gasteiger partial charge is 0.146 e. The lowest BCUT2D eigenvalue weighted by molar-refractivity contribution is 0.334. The Hall–Kier alpha value is -1.42. The molecule has 0 unspecified atom stereocenters. The Kier molecular flexibility index (Phi) is 1.96. The zero-order valence-corrected chi connectivity index (χ0v) is 5.15. The number of nitrogens with zero attached hydrogens (tertiary/aromatic N) is 1. The van der Waals surface area contributed by atoms with Crippen molar-refractivity contribution in [2.24, 2.45) is 11.1 Å². The van der Waals surface area contributed by atoms with Crippen LogP contribution in [0.4, 0.5) is 5.69 Å². The maximum Gasteiger partial charge on any atom is 0.146 e. The Morgan fingerprint density at radius 2 is 1.90 bits per heavy atom. The Morgan fingerprint density at radius 3 is 2.30 bits per heavy atom. The molecule has 0 heterocycles. The molecule has 0 bridgehead atoms. The maximum atomic E-state index is 9.88. The normalized spacial score (nSPS) is 8.90. The van der Waals surface area contributed by atoms with E-state index in [1.165, 1.54) is 12.1 Å². The fraction of sp³-hybridized carbons (Fsp3) is 0. The van der Waals surface area contributed by atoms with Gasteiger partial charge in [-0.05, 0) is 29.4 Å². The van der Waals surface area contributed by atoms with E-state index in [0.717, 1.165) is 0 Å². The van der Waals surface area contributed by atoms with Crippen LogP contribution in [0.1, 0.15) is 0 Å². The van der Waals surface area contributed by atoms with Gasteiger partial charge in [-0.15, -0.1) is 4.91 Å². The molecule has 0 aromatic heterocycles. The minimum atomic E-state index is 0.362. The fourth-order valence-corrected chi connectivity index (χ4v) is 0.586. The van der Waals surface area contributed by atoms with Crippen molar-refractivity contribution < 1.29 is 4.84 Å². The van der Waals surface area contributed by atoms with Crippen LogP contribution in [0.5, 0.6) is 5.75 Å². The van der Waals surface area contributed by atoms with Gasteiger partial charge in [-0.3, -0.25) is 0 Å². The molecule has 0 amide bonds. The Morgan fingerprint density at radius 1 is 1.30 bits per heavy atom. The van der Waals surface area contributed by atoms with Gasteiger partial charge in [0.25, 0.3) is 0 Å². The summed E-state index contributed by atoms with van der Waals surface area (Å²) >= 11 is 0. The number of nitroso groups, excluding NO2 is 1. The van der Waals surface area contributed by atoms with E-state index < -0.39 is 0 Å². The summed E-state index contributed by atoms with van der Waals surface area (Å²) in [6.07, 6.45) is 0. The summed E-state index contributed by atoms with van der Waals surface area (Å²) in [6, 6.07) is 6.18. The first-order valence-electron chi connectivity index (χ1n) is 2.67. The third-order valence-corrected chi connectivity index (χ3v) is 1.08. The first-order chi connectivity index (χ1) is 4.86. The summed E-state index contributed by atoms with van der Waals surface area (Å²) in [5, 5.41) is 2.70. The SMILES string of the molecule is NOc1ccc(N=O)cc1. The highest BCUT2D eigenvalue weighted by atomic mass is 16.6. The molecule has 10 heavy (non-hydrogen) atoms. The van der Waals surface area contributed by atoms with Crippen molar-refractivity contribution in [3.63, 3.8) is 0 Å². The van der Waals surface area contributed by atoms with E-state index in [-0.39, 0.29) is 0 Å². The van der Waals surface area contributed by atoms with Crippen LogP contribution in [0.3, 0.4) is 0 Å². The first-order valence-corrected chi connectivity index (χ1v) is 2.67. The lowest BCUT2D eigenvalue weighted by atomic mass is 10.3. The molecule has 0 spiro atoms. The van der Waals surface area contributed by atoms with Gasteiger partial charge < -0.3 is 4.84 Å². The van der Waals surface area contributed by atoms with Crippen LogP contribution in [0.2, 0.25) is 0 Å². The van der Waals surface area contributed by atoms with Crippen LogP contribution >= 0.6 is 0 Å². The van der Waals surface area contributed by atoms with Crippen LogP contribution in [-0.4, -0.2) is 0 Å². The van der Waals surface area contributed by atoms with Crippen LogP contribution in [0.25, 0.3) is 0 Å². The number of rotatable bonds is 2. The van der Waals surface area contributed by atoms with Gasteiger partial charge in [-0.2, -0.15) is 5.90 Å². The summed E-state index contributed by atoms with van der Waals surface area (Å²) in [4.78, 5) is 14.3. The van der Waals surface area contributed by atoms with Crippen molar-refractivity contribution in [3.05, 3.63) is 29.2 Å². The highest BCUT2D eigenvalue weighted by Gasteiger charge is 1.91. The van der Waals surface area contributed by atoms with Gasteiger partial charge in [0.15, 0.2) is 0 Å². The molecule has 0 aliphatic heterocycles. The molecule has 4 nitrogen and oxygen atoms in total. The summed E-state index contributed by atoms with van der Waals surface area (Å²) in [7, 11) is 0. The van der Waals surface area contributed by atoms with E-state index in [1.54, 1.807) is 12.1 Å². The molecule has 0 fully saturated rings. The second-order valence-corrected chi connectivity index (χ2v) is 1.70. The van der Waals surface area contributed by atoms with E-state index in [9.17, 15) is 4.91 Å². The molecule has 4 heteroatoms.